The standard InChI is InChI=1S/C18H23FN2O6S/c1-28(25,26)21(14-4-2-3-13(19)9-14)11-16(22)20-10-15(17(23)24)18(12-20)5-7-27-8-6-18/h2-4,9,15H,5-8,10-12H2,1H3,(H,23,24). The highest BCUT2D eigenvalue weighted by atomic mass is 32.2. The first kappa shape index (κ1) is 20.5. The minimum atomic E-state index is -3.84. The van der Waals surface area contributed by atoms with Gasteiger partial charge in [0.25, 0.3) is 0 Å². The lowest BCUT2D eigenvalue weighted by Crippen LogP contribution is -2.43. The second-order valence-corrected chi connectivity index (χ2v) is 9.30. The van der Waals surface area contributed by atoms with Crippen LogP contribution in [-0.2, 0) is 24.3 Å². The molecule has 154 valence electrons. The SMILES string of the molecule is CS(=O)(=O)N(CC(=O)N1CC(C(=O)O)C2(CCOCC2)C1)c1cccc(F)c1. The zero-order valence-electron chi connectivity index (χ0n) is 15.5. The minimum Gasteiger partial charge on any atom is -0.481 e. The fraction of sp³-hybridized carbons (Fsp3) is 0.556. The Hall–Kier alpha value is -2.20. The smallest absolute Gasteiger partial charge is 0.308 e. The van der Waals surface area contributed by atoms with Crippen LogP contribution in [0, 0.1) is 17.2 Å². The van der Waals surface area contributed by atoms with E-state index in [1.54, 1.807) is 0 Å². The fourth-order valence-electron chi connectivity index (χ4n) is 4.04. The molecule has 2 saturated heterocycles. The molecule has 0 saturated carbocycles. The topological polar surface area (TPSA) is 104 Å². The van der Waals surface area contributed by atoms with E-state index in [9.17, 15) is 27.5 Å². The third-order valence-corrected chi connectivity index (χ3v) is 6.70. The molecule has 1 atom stereocenters. The molecule has 2 aliphatic heterocycles. The fourth-order valence-corrected chi connectivity index (χ4v) is 4.88. The van der Waals surface area contributed by atoms with Crippen LogP contribution in [0.15, 0.2) is 24.3 Å². The molecule has 1 N–H and O–H groups in total. The number of carboxylic acids is 1. The molecule has 0 bridgehead atoms. The summed E-state index contributed by atoms with van der Waals surface area (Å²) < 4.78 is 44.1. The van der Waals surface area contributed by atoms with Crippen LogP contribution in [0.3, 0.4) is 0 Å². The number of anilines is 1. The van der Waals surface area contributed by atoms with Crippen LogP contribution in [-0.4, -0.2) is 69.4 Å². The maximum atomic E-state index is 13.5. The van der Waals surface area contributed by atoms with Gasteiger partial charge in [-0.15, -0.1) is 0 Å². The maximum absolute atomic E-state index is 13.5. The number of hydrogen-bond acceptors (Lipinski definition) is 5. The van der Waals surface area contributed by atoms with E-state index in [1.165, 1.54) is 23.1 Å². The van der Waals surface area contributed by atoms with Crippen molar-refractivity contribution in [3.8, 4) is 0 Å². The average molecular weight is 414 g/mol. The predicted octanol–water partition coefficient (Wildman–Crippen LogP) is 0.932. The quantitative estimate of drug-likeness (QED) is 0.769. The second kappa shape index (κ2) is 7.67. The van der Waals surface area contributed by atoms with Crippen molar-refractivity contribution in [2.45, 2.75) is 12.8 Å². The van der Waals surface area contributed by atoms with E-state index in [0.717, 1.165) is 16.6 Å². The molecule has 1 aromatic carbocycles. The van der Waals surface area contributed by atoms with Crippen molar-refractivity contribution in [3.05, 3.63) is 30.1 Å². The van der Waals surface area contributed by atoms with Gasteiger partial charge in [-0.25, -0.2) is 12.8 Å². The summed E-state index contributed by atoms with van der Waals surface area (Å²) in [4.78, 5) is 26.0. The number of carboxylic acid groups (broad SMARTS) is 1. The molecule has 1 spiro atoms. The molecule has 2 heterocycles. The van der Waals surface area contributed by atoms with E-state index in [4.69, 9.17) is 4.74 Å². The number of likely N-dealkylation sites (tertiary alicyclic amines) is 1. The second-order valence-electron chi connectivity index (χ2n) is 7.39. The van der Waals surface area contributed by atoms with Crippen molar-refractivity contribution in [1.29, 1.82) is 0 Å². The van der Waals surface area contributed by atoms with Crippen LogP contribution < -0.4 is 4.31 Å². The van der Waals surface area contributed by atoms with Gasteiger partial charge in [0.05, 0.1) is 17.9 Å². The van der Waals surface area contributed by atoms with Crippen LogP contribution in [0.5, 0.6) is 0 Å². The number of carbonyl (C=O) groups is 2. The molecule has 0 aliphatic carbocycles. The Morgan fingerprint density at radius 1 is 1.36 bits per heavy atom. The Labute approximate surface area is 162 Å². The van der Waals surface area contributed by atoms with Crippen molar-refractivity contribution in [2.24, 2.45) is 11.3 Å². The van der Waals surface area contributed by atoms with Crippen LogP contribution in [0.1, 0.15) is 12.8 Å². The lowest BCUT2D eigenvalue weighted by molar-refractivity contribution is -0.146. The Morgan fingerprint density at radius 3 is 2.61 bits per heavy atom. The Morgan fingerprint density at radius 2 is 2.04 bits per heavy atom. The summed E-state index contributed by atoms with van der Waals surface area (Å²) in [5, 5.41) is 9.62. The largest absolute Gasteiger partial charge is 0.481 e. The molecule has 8 nitrogen and oxygen atoms in total. The van der Waals surface area contributed by atoms with Gasteiger partial charge < -0.3 is 14.7 Å². The summed E-state index contributed by atoms with van der Waals surface area (Å²) in [7, 11) is -3.84. The molecule has 0 aromatic heterocycles. The van der Waals surface area contributed by atoms with Gasteiger partial charge in [0.2, 0.25) is 15.9 Å². The molecule has 2 aliphatic rings. The highest BCUT2D eigenvalue weighted by Crippen LogP contribution is 2.44. The van der Waals surface area contributed by atoms with Crippen LogP contribution in [0.25, 0.3) is 0 Å². The van der Waals surface area contributed by atoms with E-state index in [0.29, 0.717) is 26.1 Å². The van der Waals surface area contributed by atoms with Gasteiger partial charge in [-0.3, -0.25) is 13.9 Å². The summed E-state index contributed by atoms with van der Waals surface area (Å²) in [6.07, 6.45) is 2.01. The molecule has 2 fully saturated rings. The number of amides is 1. The van der Waals surface area contributed by atoms with Crippen LogP contribution >= 0.6 is 0 Å². The Bertz CT molecular complexity index is 869. The molecule has 1 amide bonds. The van der Waals surface area contributed by atoms with Gasteiger partial charge in [-0.05, 0) is 31.0 Å². The lowest BCUT2D eigenvalue weighted by atomic mass is 9.72. The summed E-state index contributed by atoms with van der Waals surface area (Å²) in [6.45, 7) is 0.623. The molecular formula is C18H23FN2O6S. The van der Waals surface area contributed by atoms with E-state index in [-0.39, 0.29) is 18.8 Å². The number of rotatable bonds is 5. The lowest BCUT2D eigenvalue weighted by Gasteiger charge is -2.36. The number of aliphatic carboxylic acids is 1. The van der Waals surface area contributed by atoms with Gasteiger partial charge in [0.1, 0.15) is 12.4 Å². The molecule has 1 unspecified atom stereocenters. The van der Waals surface area contributed by atoms with Gasteiger partial charge >= 0.3 is 5.97 Å². The normalized spacial score (nSPS) is 21.6. The van der Waals surface area contributed by atoms with Crippen molar-refractivity contribution in [3.63, 3.8) is 0 Å². The summed E-state index contributed by atoms with van der Waals surface area (Å²) in [6, 6.07) is 4.99. The average Bonchev–Trinajstić information content (AvgIpc) is 2.98. The van der Waals surface area contributed by atoms with Gasteiger partial charge in [0, 0.05) is 31.7 Å². The van der Waals surface area contributed by atoms with Crippen LogP contribution in [0.2, 0.25) is 0 Å². The van der Waals surface area contributed by atoms with E-state index >= 15 is 0 Å². The van der Waals surface area contributed by atoms with Crippen molar-refractivity contribution < 1.29 is 32.2 Å². The van der Waals surface area contributed by atoms with Crippen LogP contribution in [0.4, 0.5) is 10.1 Å². The molecule has 28 heavy (non-hydrogen) atoms. The van der Waals surface area contributed by atoms with Gasteiger partial charge in [-0.1, -0.05) is 6.07 Å². The maximum Gasteiger partial charge on any atom is 0.308 e. The first-order valence-electron chi connectivity index (χ1n) is 8.94. The molecular weight excluding hydrogens is 391 g/mol. The molecule has 0 radical (unpaired) electrons. The number of benzene rings is 1. The minimum absolute atomic E-state index is 0.0227. The summed E-state index contributed by atoms with van der Waals surface area (Å²) in [5.74, 6) is -2.82. The predicted molar refractivity (Wildman–Crippen MR) is 98.8 cm³/mol. The Kier molecular flexibility index (Phi) is 5.62. The molecule has 1 aromatic rings. The zero-order chi connectivity index (χ0) is 20.5. The van der Waals surface area contributed by atoms with Gasteiger partial charge in [-0.2, -0.15) is 0 Å². The summed E-state index contributed by atoms with van der Waals surface area (Å²) in [5.41, 5.74) is -0.514. The number of ether oxygens (including phenoxy) is 1. The van der Waals surface area contributed by atoms with Crippen molar-refractivity contribution in [2.75, 3.05) is 43.4 Å². The van der Waals surface area contributed by atoms with Crippen molar-refractivity contribution in [1.82, 2.24) is 4.90 Å². The zero-order valence-corrected chi connectivity index (χ0v) is 16.3. The van der Waals surface area contributed by atoms with E-state index in [2.05, 4.69) is 0 Å². The third-order valence-electron chi connectivity index (χ3n) is 5.56. The van der Waals surface area contributed by atoms with Crippen molar-refractivity contribution >= 4 is 27.6 Å². The Balaban J connectivity index is 1.81. The van der Waals surface area contributed by atoms with E-state index in [1.807, 2.05) is 0 Å². The third kappa shape index (κ3) is 4.12. The number of nitrogens with zero attached hydrogens (tertiary/aromatic N) is 2. The number of hydrogen-bond donors (Lipinski definition) is 1. The first-order valence-corrected chi connectivity index (χ1v) is 10.8. The molecule has 10 heteroatoms. The highest BCUT2D eigenvalue weighted by Gasteiger charge is 2.52. The number of carbonyl (C=O) groups excluding carboxylic acids is 1. The monoisotopic (exact) mass is 414 g/mol. The first-order chi connectivity index (χ1) is 13.1. The van der Waals surface area contributed by atoms with E-state index < -0.39 is 45.6 Å². The highest BCUT2D eigenvalue weighted by molar-refractivity contribution is 7.92. The number of sulfonamides is 1. The number of halogens is 1. The summed E-state index contributed by atoms with van der Waals surface area (Å²) >= 11 is 0. The van der Waals surface area contributed by atoms with Gasteiger partial charge in [0.15, 0.2) is 0 Å². The molecule has 3 rings (SSSR count).